The average molecular weight is 380 g/mol. The Morgan fingerprint density at radius 2 is 2.12 bits per heavy atom. The number of aromatic nitrogens is 2. The van der Waals surface area contributed by atoms with Crippen LogP contribution in [0.1, 0.15) is 50.5 Å². The summed E-state index contributed by atoms with van der Waals surface area (Å²) in [6.45, 7) is 6.56. The highest BCUT2D eigenvalue weighted by molar-refractivity contribution is 7.99. The SMILES string of the molecule is CC[C@H](C)NC(=O)CSc1nc2sc3c(c2c(=O)n1CC)CCCC3. The van der Waals surface area contributed by atoms with Gasteiger partial charge in [-0.2, -0.15) is 0 Å². The molecule has 2 aromatic heterocycles. The molecular weight excluding hydrogens is 354 g/mol. The number of carbonyl (C=O) groups excluding carboxylic acids is 1. The molecule has 7 heteroatoms. The molecule has 1 amide bonds. The standard InChI is InChI=1S/C18H25N3O2S2/c1-4-11(3)19-14(22)10-24-18-20-16-15(17(23)21(18)5-2)12-8-6-7-9-13(12)25-16/h11H,4-10H2,1-3H3,(H,19,22)/t11-/m0/s1. The van der Waals surface area contributed by atoms with Gasteiger partial charge in [-0.25, -0.2) is 4.98 Å². The van der Waals surface area contributed by atoms with Gasteiger partial charge >= 0.3 is 0 Å². The third-order valence-electron chi connectivity index (χ3n) is 4.71. The number of amides is 1. The Morgan fingerprint density at radius 1 is 1.36 bits per heavy atom. The lowest BCUT2D eigenvalue weighted by molar-refractivity contribution is -0.119. The van der Waals surface area contributed by atoms with Gasteiger partial charge in [-0.3, -0.25) is 14.2 Å². The van der Waals surface area contributed by atoms with Crippen molar-refractivity contribution in [1.29, 1.82) is 0 Å². The quantitative estimate of drug-likeness (QED) is 0.617. The number of nitrogens with one attached hydrogen (secondary N) is 1. The van der Waals surface area contributed by atoms with E-state index in [2.05, 4.69) is 5.32 Å². The van der Waals surface area contributed by atoms with Crippen molar-refractivity contribution in [3.63, 3.8) is 0 Å². The van der Waals surface area contributed by atoms with Crippen molar-refractivity contribution in [2.45, 2.75) is 70.6 Å². The van der Waals surface area contributed by atoms with Crippen LogP contribution in [-0.2, 0) is 24.2 Å². The molecule has 1 aliphatic carbocycles. The maximum atomic E-state index is 13.0. The fourth-order valence-electron chi connectivity index (χ4n) is 3.16. The number of fused-ring (bicyclic) bond motifs is 3. The first-order valence-corrected chi connectivity index (χ1v) is 10.8. The molecular formula is C18H25N3O2S2. The lowest BCUT2D eigenvalue weighted by Crippen LogP contribution is -2.33. The van der Waals surface area contributed by atoms with Crippen LogP contribution in [0.3, 0.4) is 0 Å². The molecule has 0 aliphatic heterocycles. The van der Waals surface area contributed by atoms with Crippen LogP contribution in [0.4, 0.5) is 0 Å². The highest BCUT2D eigenvalue weighted by Crippen LogP contribution is 2.34. The third kappa shape index (κ3) is 3.77. The summed E-state index contributed by atoms with van der Waals surface area (Å²) in [5.74, 6) is 0.273. The lowest BCUT2D eigenvalue weighted by atomic mass is 9.97. The van der Waals surface area contributed by atoms with E-state index in [1.54, 1.807) is 15.9 Å². The van der Waals surface area contributed by atoms with Crippen molar-refractivity contribution in [1.82, 2.24) is 14.9 Å². The van der Waals surface area contributed by atoms with E-state index in [4.69, 9.17) is 4.98 Å². The molecule has 0 spiro atoms. The fourth-order valence-corrected chi connectivity index (χ4v) is 5.33. The van der Waals surface area contributed by atoms with Crippen molar-refractivity contribution in [3.8, 4) is 0 Å². The Hall–Kier alpha value is -1.34. The van der Waals surface area contributed by atoms with Crippen molar-refractivity contribution >= 4 is 39.2 Å². The van der Waals surface area contributed by atoms with Crippen LogP contribution in [-0.4, -0.2) is 27.3 Å². The second-order valence-electron chi connectivity index (χ2n) is 6.50. The average Bonchev–Trinajstić information content (AvgIpc) is 2.98. The largest absolute Gasteiger partial charge is 0.353 e. The number of hydrogen-bond acceptors (Lipinski definition) is 5. The minimum absolute atomic E-state index is 0.0122. The van der Waals surface area contributed by atoms with E-state index in [9.17, 15) is 9.59 Å². The Kier molecular flexibility index (Phi) is 5.84. The van der Waals surface area contributed by atoms with Gasteiger partial charge in [0, 0.05) is 17.5 Å². The Labute approximate surface area is 156 Å². The van der Waals surface area contributed by atoms with Gasteiger partial charge in [0.2, 0.25) is 5.91 Å². The molecule has 1 N–H and O–H groups in total. The van der Waals surface area contributed by atoms with Crippen molar-refractivity contribution in [2.24, 2.45) is 0 Å². The van der Waals surface area contributed by atoms with Gasteiger partial charge in [0.1, 0.15) is 4.83 Å². The summed E-state index contributed by atoms with van der Waals surface area (Å²) in [5, 5.41) is 4.42. The van der Waals surface area contributed by atoms with Crippen LogP contribution in [0.25, 0.3) is 10.2 Å². The number of thiophene rings is 1. The normalized spacial score (nSPS) is 15.2. The molecule has 0 fully saturated rings. The number of carbonyl (C=O) groups is 1. The van der Waals surface area contributed by atoms with Crippen LogP contribution in [0.5, 0.6) is 0 Å². The van der Waals surface area contributed by atoms with E-state index in [1.165, 1.54) is 28.6 Å². The molecule has 3 rings (SSSR count). The maximum Gasteiger partial charge on any atom is 0.263 e. The predicted molar refractivity (Wildman–Crippen MR) is 105 cm³/mol. The van der Waals surface area contributed by atoms with Gasteiger partial charge in [0.15, 0.2) is 5.16 Å². The van der Waals surface area contributed by atoms with Gasteiger partial charge in [-0.1, -0.05) is 18.7 Å². The molecule has 0 bridgehead atoms. The first-order chi connectivity index (χ1) is 12.0. The highest BCUT2D eigenvalue weighted by Gasteiger charge is 2.22. The first-order valence-electron chi connectivity index (χ1n) is 9.02. The van der Waals surface area contributed by atoms with E-state index in [0.29, 0.717) is 11.7 Å². The molecule has 1 aliphatic rings. The third-order valence-corrected chi connectivity index (χ3v) is 6.87. The molecule has 0 radical (unpaired) electrons. The molecule has 136 valence electrons. The van der Waals surface area contributed by atoms with Crippen LogP contribution in [0.2, 0.25) is 0 Å². The number of hydrogen-bond donors (Lipinski definition) is 1. The van der Waals surface area contributed by atoms with E-state index < -0.39 is 0 Å². The lowest BCUT2D eigenvalue weighted by Gasteiger charge is -2.13. The summed E-state index contributed by atoms with van der Waals surface area (Å²) >= 11 is 3.01. The summed E-state index contributed by atoms with van der Waals surface area (Å²) in [7, 11) is 0. The zero-order chi connectivity index (χ0) is 18.0. The first kappa shape index (κ1) is 18.5. The minimum Gasteiger partial charge on any atom is -0.353 e. The topological polar surface area (TPSA) is 64.0 Å². The summed E-state index contributed by atoms with van der Waals surface area (Å²) < 4.78 is 1.71. The highest BCUT2D eigenvalue weighted by atomic mass is 32.2. The molecule has 0 saturated heterocycles. The minimum atomic E-state index is -0.0122. The number of aryl methyl sites for hydroxylation is 2. The summed E-state index contributed by atoms with van der Waals surface area (Å²) in [6.07, 6.45) is 5.29. The second kappa shape index (κ2) is 7.91. The van der Waals surface area contributed by atoms with Gasteiger partial charge in [0.05, 0.1) is 11.1 Å². The monoisotopic (exact) mass is 379 g/mol. The van der Waals surface area contributed by atoms with Crippen LogP contribution < -0.4 is 10.9 Å². The number of nitrogens with zero attached hydrogens (tertiary/aromatic N) is 2. The van der Waals surface area contributed by atoms with Crippen LogP contribution in [0, 0.1) is 0 Å². The van der Waals surface area contributed by atoms with Crippen molar-refractivity contribution < 1.29 is 4.79 Å². The summed E-state index contributed by atoms with van der Waals surface area (Å²) in [4.78, 5) is 32.0. The molecule has 25 heavy (non-hydrogen) atoms. The van der Waals surface area contributed by atoms with E-state index in [0.717, 1.165) is 35.9 Å². The van der Waals surface area contributed by atoms with E-state index in [-0.39, 0.29) is 23.3 Å². The van der Waals surface area contributed by atoms with Crippen molar-refractivity contribution in [2.75, 3.05) is 5.75 Å². The molecule has 0 aromatic carbocycles. The van der Waals surface area contributed by atoms with E-state index >= 15 is 0 Å². The van der Waals surface area contributed by atoms with Gasteiger partial charge < -0.3 is 5.32 Å². The Balaban J connectivity index is 1.90. The van der Waals surface area contributed by atoms with Crippen LogP contribution in [0.15, 0.2) is 9.95 Å². The zero-order valence-electron chi connectivity index (χ0n) is 15.1. The second-order valence-corrected chi connectivity index (χ2v) is 8.53. The summed E-state index contributed by atoms with van der Waals surface area (Å²) in [6, 6.07) is 0.168. The van der Waals surface area contributed by atoms with Crippen molar-refractivity contribution in [3.05, 3.63) is 20.8 Å². The molecule has 0 saturated carbocycles. The predicted octanol–water partition coefficient (Wildman–Crippen LogP) is 3.36. The van der Waals surface area contributed by atoms with E-state index in [1.807, 2.05) is 20.8 Å². The molecule has 5 nitrogen and oxygen atoms in total. The van der Waals surface area contributed by atoms with Crippen LogP contribution >= 0.6 is 23.1 Å². The number of thioether (sulfide) groups is 1. The Morgan fingerprint density at radius 3 is 2.84 bits per heavy atom. The molecule has 1 atom stereocenters. The smallest absolute Gasteiger partial charge is 0.263 e. The fraction of sp³-hybridized carbons (Fsp3) is 0.611. The number of rotatable bonds is 6. The molecule has 0 unspecified atom stereocenters. The Bertz CT molecular complexity index is 841. The summed E-state index contributed by atoms with van der Waals surface area (Å²) in [5.41, 5.74) is 1.27. The van der Waals surface area contributed by atoms with Gasteiger partial charge in [-0.05, 0) is 51.5 Å². The maximum absolute atomic E-state index is 13.0. The van der Waals surface area contributed by atoms with Gasteiger partial charge in [0.25, 0.3) is 5.56 Å². The zero-order valence-corrected chi connectivity index (χ0v) is 16.7. The van der Waals surface area contributed by atoms with Gasteiger partial charge in [-0.15, -0.1) is 11.3 Å². The molecule has 2 heterocycles. The molecule has 2 aromatic rings.